The SMILES string of the molecule is C#Cc1ncc(C(C)C)cn1. The molecule has 0 aliphatic heterocycles. The van der Waals surface area contributed by atoms with Gasteiger partial charge in [0.05, 0.1) is 0 Å². The molecule has 0 fully saturated rings. The second kappa shape index (κ2) is 3.16. The standard InChI is InChI=1S/C9H10N2/c1-4-9-10-5-8(6-11-9)7(2)3/h1,5-7H,2-3H3. The van der Waals surface area contributed by atoms with Gasteiger partial charge in [0.2, 0.25) is 5.82 Å². The van der Waals surface area contributed by atoms with Crippen LogP contribution in [0, 0.1) is 12.3 Å². The number of rotatable bonds is 1. The predicted molar refractivity (Wildman–Crippen MR) is 44.1 cm³/mol. The third-order valence-electron chi connectivity index (χ3n) is 1.47. The summed E-state index contributed by atoms with van der Waals surface area (Å²) in [7, 11) is 0. The molecule has 0 aliphatic carbocycles. The Bertz CT molecular complexity index is 267. The molecule has 1 aromatic heterocycles. The van der Waals surface area contributed by atoms with E-state index in [0.717, 1.165) is 5.56 Å². The van der Waals surface area contributed by atoms with Gasteiger partial charge in [-0.05, 0) is 17.4 Å². The van der Waals surface area contributed by atoms with Crippen LogP contribution in [0.25, 0.3) is 0 Å². The lowest BCUT2D eigenvalue weighted by atomic mass is 10.1. The van der Waals surface area contributed by atoms with Gasteiger partial charge in [0.25, 0.3) is 0 Å². The molecule has 1 rings (SSSR count). The molecule has 1 aromatic rings. The zero-order valence-electron chi connectivity index (χ0n) is 6.70. The van der Waals surface area contributed by atoms with Crippen LogP contribution in [0.5, 0.6) is 0 Å². The average Bonchev–Trinajstić information content (AvgIpc) is 2.05. The van der Waals surface area contributed by atoms with Crippen molar-refractivity contribution in [3.05, 3.63) is 23.8 Å². The maximum Gasteiger partial charge on any atom is 0.204 e. The molecule has 0 aromatic carbocycles. The Morgan fingerprint density at radius 2 is 1.91 bits per heavy atom. The highest BCUT2D eigenvalue weighted by atomic mass is 14.8. The number of nitrogens with zero attached hydrogens (tertiary/aromatic N) is 2. The Balaban J connectivity index is 2.94. The van der Waals surface area contributed by atoms with Crippen molar-refractivity contribution in [1.29, 1.82) is 0 Å². The van der Waals surface area contributed by atoms with Crippen molar-refractivity contribution in [3.63, 3.8) is 0 Å². The van der Waals surface area contributed by atoms with E-state index in [-0.39, 0.29) is 0 Å². The summed E-state index contributed by atoms with van der Waals surface area (Å²) in [5.74, 6) is 3.28. The largest absolute Gasteiger partial charge is 0.229 e. The van der Waals surface area contributed by atoms with E-state index in [1.54, 1.807) is 12.4 Å². The summed E-state index contributed by atoms with van der Waals surface area (Å²) in [6, 6.07) is 0. The maximum absolute atomic E-state index is 5.10. The van der Waals surface area contributed by atoms with Crippen LogP contribution in [0.3, 0.4) is 0 Å². The molecular formula is C9H10N2. The smallest absolute Gasteiger partial charge is 0.204 e. The molecule has 0 spiro atoms. The van der Waals surface area contributed by atoms with Crippen LogP contribution < -0.4 is 0 Å². The first kappa shape index (κ1) is 7.74. The van der Waals surface area contributed by atoms with Gasteiger partial charge in [-0.15, -0.1) is 6.42 Å². The van der Waals surface area contributed by atoms with Gasteiger partial charge < -0.3 is 0 Å². The van der Waals surface area contributed by atoms with Crippen LogP contribution in [-0.4, -0.2) is 9.97 Å². The summed E-state index contributed by atoms with van der Waals surface area (Å²) in [5.41, 5.74) is 1.11. The quantitative estimate of drug-likeness (QED) is 0.562. The van der Waals surface area contributed by atoms with Crippen molar-refractivity contribution in [2.45, 2.75) is 19.8 Å². The molecule has 0 aliphatic rings. The van der Waals surface area contributed by atoms with Crippen molar-refractivity contribution in [2.75, 3.05) is 0 Å². The van der Waals surface area contributed by atoms with Gasteiger partial charge >= 0.3 is 0 Å². The van der Waals surface area contributed by atoms with E-state index in [2.05, 4.69) is 29.7 Å². The Kier molecular flexibility index (Phi) is 2.22. The van der Waals surface area contributed by atoms with E-state index in [1.807, 2.05) is 0 Å². The molecular weight excluding hydrogens is 136 g/mol. The highest BCUT2D eigenvalue weighted by molar-refractivity contribution is 5.18. The van der Waals surface area contributed by atoms with Gasteiger partial charge in [-0.1, -0.05) is 13.8 Å². The van der Waals surface area contributed by atoms with Crippen molar-refractivity contribution in [3.8, 4) is 12.3 Å². The summed E-state index contributed by atoms with van der Waals surface area (Å²) < 4.78 is 0. The van der Waals surface area contributed by atoms with Crippen LogP contribution >= 0.6 is 0 Å². The molecule has 1 heterocycles. The third-order valence-corrected chi connectivity index (χ3v) is 1.47. The zero-order chi connectivity index (χ0) is 8.27. The summed E-state index contributed by atoms with van der Waals surface area (Å²) in [4.78, 5) is 7.94. The van der Waals surface area contributed by atoms with Crippen molar-refractivity contribution >= 4 is 0 Å². The molecule has 0 radical (unpaired) electrons. The number of terminal acetylenes is 1. The van der Waals surface area contributed by atoms with E-state index >= 15 is 0 Å². The fraction of sp³-hybridized carbons (Fsp3) is 0.333. The van der Waals surface area contributed by atoms with Gasteiger partial charge in [0.1, 0.15) is 0 Å². The summed E-state index contributed by atoms with van der Waals surface area (Å²) in [6.07, 6.45) is 8.64. The van der Waals surface area contributed by atoms with Crippen molar-refractivity contribution < 1.29 is 0 Å². The van der Waals surface area contributed by atoms with Gasteiger partial charge in [0.15, 0.2) is 0 Å². The second-order valence-corrected chi connectivity index (χ2v) is 2.64. The van der Waals surface area contributed by atoms with E-state index in [1.165, 1.54) is 0 Å². The normalized spacial score (nSPS) is 9.64. The highest BCUT2D eigenvalue weighted by Gasteiger charge is 1.98. The molecule has 0 N–H and O–H groups in total. The summed E-state index contributed by atoms with van der Waals surface area (Å²) >= 11 is 0. The monoisotopic (exact) mass is 146 g/mol. The zero-order valence-corrected chi connectivity index (χ0v) is 6.70. The van der Waals surface area contributed by atoms with Crippen molar-refractivity contribution in [1.82, 2.24) is 9.97 Å². The molecule has 0 saturated carbocycles. The Morgan fingerprint density at radius 3 is 2.27 bits per heavy atom. The fourth-order valence-electron chi connectivity index (χ4n) is 0.711. The van der Waals surface area contributed by atoms with Crippen LogP contribution in [0.15, 0.2) is 12.4 Å². The minimum atomic E-state index is 0.453. The maximum atomic E-state index is 5.10. The van der Waals surface area contributed by atoms with Crippen LogP contribution in [0.4, 0.5) is 0 Å². The molecule has 0 unspecified atom stereocenters. The number of hydrogen-bond acceptors (Lipinski definition) is 2. The summed E-state index contributed by atoms with van der Waals surface area (Å²) in [5, 5.41) is 0. The lowest BCUT2D eigenvalue weighted by molar-refractivity contribution is 0.843. The molecule has 2 heteroatoms. The van der Waals surface area contributed by atoms with Crippen molar-refractivity contribution in [2.24, 2.45) is 0 Å². The first-order valence-electron chi connectivity index (χ1n) is 3.52. The van der Waals surface area contributed by atoms with E-state index in [0.29, 0.717) is 11.7 Å². The fourth-order valence-corrected chi connectivity index (χ4v) is 0.711. The second-order valence-electron chi connectivity index (χ2n) is 2.64. The highest BCUT2D eigenvalue weighted by Crippen LogP contribution is 2.10. The van der Waals surface area contributed by atoms with Gasteiger partial charge in [-0.2, -0.15) is 0 Å². The van der Waals surface area contributed by atoms with E-state index in [4.69, 9.17) is 6.42 Å². The van der Waals surface area contributed by atoms with E-state index in [9.17, 15) is 0 Å². The molecule has 0 atom stereocenters. The number of aromatic nitrogens is 2. The lowest BCUT2D eigenvalue weighted by Crippen LogP contribution is -1.93. The van der Waals surface area contributed by atoms with Crippen LogP contribution in [-0.2, 0) is 0 Å². The minimum Gasteiger partial charge on any atom is -0.229 e. The first-order valence-corrected chi connectivity index (χ1v) is 3.52. The topological polar surface area (TPSA) is 25.8 Å². The molecule has 11 heavy (non-hydrogen) atoms. The Hall–Kier alpha value is -1.36. The Morgan fingerprint density at radius 1 is 1.36 bits per heavy atom. The van der Waals surface area contributed by atoms with Gasteiger partial charge in [0, 0.05) is 12.4 Å². The lowest BCUT2D eigenvalue weighted by Gasteiger charge is -2.01. The average molecular weight is 146 g/mol. The first-order chi connectivity index (χ1) is 5.24. The summed E-state index contributed by atoms with van der Waals surface area (Å²) in [6.45, 7) is 4.18. The van der Waals surface area contributed by atoms with E-state index < -0.39 is 0 Å². The molecule has 0 amide bonds. The molecule has 56 valence electrons. The van der Waals surface area contributed by atoms with Gasteiger partial charge in [-0.25, -0.2) is 9.97 Å². The third kappa shape index (κ3) is 1.78. The Labute approximate surface area is 66.7 Å². The van der Waals surface area contributed by atoms with Crippen LogP contribution in [0.2, 0.25) is 0 Å². The number of hydrogen-bond donors (Lipinski definition) is 0. The predicted octanol–water partition coefficient (Wildman–Crippen LogP) is 1.58. The van der Waals surface area contributed by atoms with Crippen LogP contribution in [0.1, 0.15) is 31.2 Å². The van der Waals surface area contributed by atoms with Gasteiger partial charge in [-0.3, -0.25) is 0 Å². The minimum absolute atomic E-state index is 0.453. The molecule has 0 saturated heterocycles. The molecule has 0 bridgehead atoms. The molecule has 2 nitrogen and oxygen atoms in total.